The highest BCUT2D eigenvalue weighted by molar-refractivity contribution is 7.89. The van der Waals surface area contributed by atoms with Crippen molar-refractivity contribution in [3.05, 3.63) is 59.7 Å². The third-order valence-electron chi connectivity index (χ3n) is 3.98. The van der Waals surface area contributed by atoms with Crippen molar-refractivity contribution in [3.63, 3.8) is 0 Å². The molecule has 0 heterocycles. The van der Waals surface area contributed by atoms with Crippen LogP contribution in [0.2, 0.25) is 0 Å². The summed E-state index contributed by atoms with van der Waals surface area (Å²) in [7, 11) is -1.52. The average Bonchev–Trinajstić information content (AvgIpc) is 2.69. The second-order valence-electron chi connectivity index (χ2n) is 6.18. The van der Waals surface area contributed by atoms with Crippen LogP contribution in [0, 0.1) is 6.92 Å². The van der Waals surface area contributed by atoms with Gasteiger partial charge in [0.25, 0.3) is 0 Å². The van der Waals surface area contributed by atoms with E-state index in [0.717, 1.165) is 22.6 Å². The predicted octanol–water partition coefficient (Wildman–Crippen LogP) is 2.39. The third kappa shape index (κ3) is 7.21. The molecule has 0 aliphatic heterocycles. The zero-order valence-electron chi connectivity index (χ0n) is 16.5. The Kier molecular flexibility index (Phi) is 8.28. The lowest BCUT2D eigenvalue weighted by atomic mass is 10.1. The van der Waals surface area contributed by atoms with E-state index in [4.69, 9.17) is 4.74 Å². The molecule has 0 aromatic heterocycles. The van der Waals surface area contributed by atoms with E-state index in [0.29, 0.717) is 25.6 Å². The summed E-state index contributed by atoms with van der Waals surface area (Å²) in [5.74, 6) is 2.21. The molecule has 8 heteroatoms. The number of benzene rings is 2. The minimum absolute atomic E-state index is 0.0671. The van der Waals surface area contributed by atoms with Crippen molar-refractivity contribution in [2.45, 2.75) is 20.4 Å². The largest absolute Gasteiger partial charge is 0.457 e. The zero-order chi connectivity index (χ0) is 20.4. The molecular formula is C20H28N4O3S. The van der Waals surface area contributed by atoms with Gasteiger partial charge in [0.15, 0.2) is 5.96 Å². The number of aryl methyl sites for hydroxylation is 1. The zero-order valence-corrected chi connectivity index (χ0v) is 17.3. The fourth-order valence-corrected chi connectivity index (χ4v) is 3.02. The number of hydrogen-bond acceptors (Lipinski definition) is 4. The Morgan fingerprint density at radius 3 is 2.50 bits per heavy atom. The molecule has 0 aliphatic rings. The van der Waals surface area contributed by atoms with Gasteiger partial charge in [0.1, 0.15) is 11.5 Å². The van der Waals surface area contributed by atoms with Crippen LogP contribution in [0.25, 0.3) is 0 Å². The smallest absolute Gasteiger partial charge is 0.211 e. The van der Waals surface area contributed by atoms with Crippen molar-refractivity contribution in [1.29, 1.82) is 0 Å². The van der Waals surface area contributed by atoms with Crippen molar-refractivity contribution in [2.75, 3.05) is 25.9 Å². The van der Waals surface area contributed by atoms with Crippen LogP contribution in [-0.4, -0.2) is 40.3 Å². The first kappa shape index (κ1) is 21.7. The normalized spacial score (nSPS) is 11.9. The van der Waals surface area contributed by atoms with Crippen LogP contribution in [0.1, 0.15) is 18.1 Å². The Labute approximate surface area is 167 Å². The van der Waals surface area contributed by atoms with Crippen LogP contribution in [0.3, 0.4) is 0 Å². The van der Waals surface area contributed by atoms with Gasteiger partial charge in [-0.05, 0) is 37.6 Å². The third-order valence-corrected chi connectivity index (χ3v) is 5.39. The van der Waals surface area contributed by atoms with Crippen molar-refractivity contribution >= 4 is 16.0 Å². The van der Waals surface area contributed by atoms with Crippen molar-refractivity contribution in [2.24, 2.45) is 4.99 Å². The summed E-state index contributed by atoms with van der Waals surface area (Å²) in [5.41, 5.74) is 2.10. The first-order chi connectivity index (χ1) is 13.4. The molecule has 2 aromatic carbocycles. The summed E-state index contributed by atoms with van der Waals surface area (Å²) >= 11 is 0. The van der Waals surface area contributed by atoms with Gasteiger partial charge in [-0.15, -0.1) is 0 Å². The van der Waals surface area contributed by atoms with Crippen LogP contribution in [0.5, 0.6) is 11.5 Å². The number of para-hydroxylation sites is 1. The van der Waals surface area contributed by atoms with Crippen molar-refractivity contribution < 1.29 is 13.2 Å². The molecule has 0 bridgehead atoms. The summed E-state index contributed by atoms with van der Waals surface area (Å²) in [5, 5.41) is 6.31. The minimum atomic E-state index is -3.19. The van der Waals surface area contributed by atoms with E-state index in [-0.39, 0.29) is 5.75 Å². The van der Waals surface area contributed by atoms with Crippen molar-refractivity contribution in [1.82, 2.24) is 15.4 Å². The number of nitrogens with one attached hydrogen (secondary N) is 3. The van der Waals surface area contributed by atoms with E-state index in [9.17, 15) is 8.42 Å². The summed E-state index contributed by atoms with van der Waals surface area (Å²) < 4.78 is 31.4. The van der Waals surface area contributed by atoms with Gasteiger partial charge in [0.2, 0.25) is 10.0 Å². The number of guanidine groups is 1. The van der Waals surface area contributed by atoms with Crippen LogP contribution in [-0.2, 0) is 16.6 Å². The molecule has 2 aromatic rings. The first-order valence-corrected chi connectivity index (χ1v) is 10.8. The molecule has 0 radical (unpaired) electrons. The second-order valence-corrected chi connectivity index (χ2v) is 8.27. The molecule has 3 N–H and O–H groups in total. The molecule has 152 valence electrons. The number of rotatable bonds is 9. The Balaban J connectivity index is 1.93. The topological polar surface area (TPSA) is 91.8 Å². The quantitative estimate of drug-likeness (QED) is 0.339. The number of hydrogen-bond donors (Lipinski definition) is 3. The van der Waals surface area contributed by atoms with E-state index >= 15 is 0 Å². The summed E-state index contributed by atoms with van der Waals surface area (Å²) in [6.07, 6.45) is 0. The van der Waals surface area contributed by atoms with E-state index in [1.54, 1.807) is 14.0 Å². The summed E-state index contributed by atoms with van der Waals surface area (Å²) in [6, 6.07) is 15.7. The lowest BCUT2D eigenvalue weighted by molar-refractivity contribution is 0.474. The maximum Gasteiger partial charge on any atom is 0.211 e. The average molecular weight is 405 g/mol. The molecule has 0 saturated carbocycles. The van der Waals surface area contributed by atoms with Gasteiger partial charge in [-0.2, -0.15) is 0 Å². The Hall–Kier alpha value is -2.58. The lowest BCUT2D eigenvalue weighted by Crippen LogP contribution is -2.41. The highest BCUT2D eigenvalue weighted by Gasteiger charge is 2.08. The molecule has 0 spiro atoms. The van der Waals surface area contributed by atoms with Gasteiger partial charge in [0, 0.05) is 32.2 Å². The van der Waals surface area contributed by atoms with Gasteiger partial charge in [-0.3, -0.25) is 4.99 Å². The van der Waals surface area contributed by atoms with Gasteiger partial charge in [-0.25, -0.2) is 13.1 Å². The van der Waals surface area contributed by atoms with Crippen LogP contribution < -0.4 is 20.1 Å². The fraction of sp³-hybridized carbons (Fsp3) is 0.350. The van der Waals surface area contributed by atoms with Crippen LogP contribution in [0.4, 0.5) is 0 Å². The summed E-state index contributed by atoms with van der Waals surface area (Å²) in [4.78, 5) is 4.16. The van der Waals surface area contributed by atoms with Gasteiger partial charge < -0.3 is 15.4 Å². The Bertz CT molecular complexity index is 884. The molecule has 0 aliphatic carbocycles. The van der Waals surface area contributed by atoms with E-state index < -0.39 is 10.0 Å². The lowest BCUT2D eigenvalue weighted by Gasteiger charge is -2.15. The highest BCUT2D eigenvalue weighted by atomic mass is 32.2. The minimum Gasteiger partial charge on any atom is -0.457 e. The number of aliphatic imine (C=N–C) groups is 1. The molecule has 7 nitrogen and oxygen atoms in total. The van der Waals surface area contributed by atoms with E-state index in [1.807, 2.05) is 55.5 Å². The Morgan fingerprint density at radius 1 is 1.07 bits per heavy atom. The van der Waals surface area contributed by atoms with Gasteiger partial charge >= 0.3 is 0 Å². The molecule has 0 amide bonds. The Morgan fingerprint density at radius 2 is 1.82 bits per heavy atom. The summed E-state index contributed by atoms with van der Waals surface area (Å²) in [6.45, 7) is 4.87. The van der Waals surface area contributed by atoms with E-state index in [2.05, 4.69) is 20.3 Å². The number of sulfonamides is 1. The van der Waals surface area contributed by atoms with Crippen LogP contribution >= 0.6 is 0 Å². The van der Waals surface area contributed by atoms with Gasteiger partial charge in [-0.1, -0.05) is 30.3 Å². The molecule has 0 atom stereocenters. The number of ether oxygens (including phenoxy) is 1. The first-order valence-electron chi connectivity index (χ1n) is 9.18. The SMILES string of the molecule is CCS(=O)(=O)NCCNC(=NC)NCc1ccc(C)cc1Oc1ccccc1. The highest BCUT2D eigenvalue weighted by Crippen LogP contribution is 2.26. The molecule has 0 unspecified atom stereocenters. The molecule has 28 heavy (non-hydrogen) atoms. The fourth-order valence-electron chi connectivity index (χ4n) is 2.41. The number of nitrogens with zero attached hydrogens (tertiary/aromatic N) is 1. The van der Waals surface area contributed by atoms with Crippen LogP contribution in [0.15, 0.2) is 53.5 Å². The predicted molar refractivity (Wildman–Crippen MR) is 113 cm³/mol. The second kappa shape index (κ2) is 10.7. The maximum absolute atomic E-state index is 11.4. The van der Waals surface area contributed by atoms with E-state index in [1.165, 1.54) is 0 Å². The molecule has 0 saturated heterocycles. The molecular weight excluding hydrogens is 376 g/mol. The monoisotopic (exact) mass is 404 g/mol. The molecule has 2 rings (SSSR count). The van der Waals surface area contributed by atoms with Crippen molar-refractivity contribution in [3.8, 4) is 11.5 Å². The van der Waals surface area contributed by atoms with Gasteiger partial charge in [0.05, 0.1) is 5.75 Å². The molecule has 0 fully saturated rings. The standard InChI is InChI=1S/C20H28N4O3S/c1-4-28(25,26)24-13-12-22-20(21-3)23-15-17-11-10-16(2)14-19(17)27-18-8-6-5-7-9-18/h5-11,14,24H,4,12-13,15H2,1-3H3,(H2,21,22,23). The maximum atomic E-state index is 11.4.